The number of methoxy groups -OCH3 is 1. The monoisotopic (exact) mass is 336 g/mol. The number of nitrogens with zero attached hydrogens (tertiary/aromatic N) is 1. The number of hydrogen-bond donors (Lipinski definition) is 2. The predicted molar refractivity (Wildman–Crippen MR) is 82.8 cm³/mol. The minimum atomic E-state index is -3.03. The molecule has 0 spiro atoms. The SMILES string of the molecule is COc1cccc(/C=N\NC(=O)c2cccc(O)c2)c1OC(F)F. The zero-order chi connectivity index (χ0) is 17.5. The van der Waals surface area contributed by atoms with E-state index in [4.69, 9.17) is 4.74 Å². The highest BCUT2D eigenvalue weighted by molar-refractivity contribution is 5.95. The van der Waals surface area contributed by atoms with Crippen molar-refractivity contribution in [2.75, 3.05) is 7.11 Å². The van der Waals surface area contributed by atoms with Gasteiger partial charge in [-0.25, -0.2) is 5.43 Å². The Bertz CT molecular complexity index is 751. The molecule has 0 saturated carbocycles. The van der Waals surface area contributed by atoms with Crippen LogP contribution in [0.3, 0.4) is 0 Å². The number of benzene rings is 2. The van der Waals surface area contributed by atoms with Gasteiger partial charge in [0.2, 0.25) is 0 Å². The lowest BCUT2D eigenvalue weighted by Gasteiger charge is -2.11. The Morgan fingerprint density at radius 3 is 2.71 bits per heavy atom. The summed E-state index contributed by atoms with van der Waals surface area (Å²) in [7, 11) is 1.32. The van der Waals surface area contributed by atoms with Gasteiger partial charge >= 0.3 is 6.61 Å². The summed E-state index contributed by atoms with van der Waals surface area (Å²) in [5.41, 5.74) is 2.62. The summed E-state index contributed by atoms with van der Waals surface area (Å²) in [6.45, 7) is -3.03. The Morgan fingerprint density at radius 2 is 2.04 bits per heavy atom. The molecular formula is C16H14F2N2O4. The maximum atomic E-state index is 12.5. The van der Waals surface area contributed by atoms with Gasteiger partial charge in [-0.2, -0.15) is 13.9 Å². The van der Waals surface area contributed by atoms with Crippen LogP contribution in [0.5, 0.6) is 17.2 Å². The molecule has 0 radical (unpaired) electrons. The van der Waals surface area contributed by atoms with Gasteiger partial charge in [-0.1, -0.05) is 12.1 Å². The Kier molecular flexibility index (Phi) is 5.67. The van der Waals surface area contributed by atoms with Crippen molar-refractivity contribution in [3.63, 3.8) is 0 Å². The van der Waals surface area contributed by atoms with Crippen LogP contribution in [-0.4, -0.2) is 30.9 Å². The summed E-state index contributed by atoms with van der Waals surface area (Å²) >= 11 is 0. The van der Waals surface area contributed by atoms with Gasteiger partial charge in [0, 0.05) is 11.1 Å². The molecule has 126 valence electrons. The average molecular weight is 336 g/mol. The van der Waals surface area contributed by atoms with E-state index in [0.29, 0.717) is 0 Å². The van der Waals surface area contributed by atoms with E-state index < -0.39 is 12.5 Å². The number of rotatable bonds is 6. The lowest BCUT2D eigenvalue weighted by molar-refractivity contribution is -0.0513. The summed E-state index contributed by atoms with van der Waals surface area (Å²) in [4.78, 5) is 11.9. The molecule has 0 unspecified atom stereocenters. The van der Waals surface area contributed by atoms with Crippen molar-refractivity contribution in [1.29, 1.82) is 0 Å². The van der Waals surface area contributed by atoms with Crippen molar-refractivity contribution >= 4 is 12.1 Å². The van der Waals surface area contributed by atoms with E-state index >= 15 is 0 Å². The van der Waals surface area contributed by atoms with E-state index in [2.05, 4.69) is 15.3 Å². The maximum absolute atomic E-state index is 12.5. The Morgan fingerprint density at radius 1 is 1.29 bits per heavy atom. The molecular weight excluding hydrogens is 322 g/mol. The second-order valence-corrected chi connectivity index (χ2v) is 4.51. The van der Waals surface area contributed by atoms with E-state index in [9.17, 15) is 18.7 Å². The van der Waals surface area contributed by atoms with Gasteiger partial charge in [0.05, 0.1) is 13.3 Å². The van der Waals surface area contributed by atoms with Crippen LogP contribution in [0, 0.1) is 0 Å². The van der Waals surface area contributed by atoms with Crippen LogP contribution < -0.4 is 14.9 Å². The largest absolute Gasteiger partial charge is 0.508 e. The molecule has 6 nitrogen and oxygen atoms in total. The number of phenols is 1. The molecule has 2 aromatic carbocycles. The number of nitrogens with one attached hydrogen (secondary N) is 1. The van der Waals surface area contributed by atoms with Gasteiger partial charge in [0.1, 0.15) is 5.75 Å². The number of carbonyl (C=O) groups excluding carboxylic acids is 1. The summed E-state index contributed by atoms with van der Waals surface area (Å²) in [6.07, 6.45) is 1.15. The molecule has 0 aromatic heterocycles. The summed E-state index contributed by atoms with van der Waals surface area (Å²) in [5, 5.41) is 13.0. The number of ether oxygens (including phenoxy) is 2. The molecule has 0 aliphatic heterocycles. The standard InChI is InChI=1S/C16H14F2N2O4/c1-23-13-7-3-5-11(14(13)24-16(17)18)9-19-20-15(22)10-4-2-6-12(21)8-10/h2-9,16,21H,1H3,(H,20,22)/b19-9-. The fourth-order valence-corrected chi connectivity index (χ4v) is 1.88. The van der Waals surface area contributed by atoms with Gasteiger partial charge in [0.25, 0.3) is 5.91 Å². The highest BCUT2D eigenvalue weighted by atomic mass is 19.3. The van der Waals surface area contributed by atoms with Crippen LogP contribution in [0.15, 0.2) is 47.6 Å². The van der Waals surface area contributed by atoms with Crippen LogP contribution >= 0.6 is 0 Å². The van der Waals surface area contributed by atoms with Crippen molar-refractivity contribution in [3.8, 4) is 17.2 Å². The smallest absolute Gasteiger partial charge is 0.387 e. The van der Waals surface area contributed by atoms with Gasteiger partial charge in [-0.05, 0) is 30.3 Å². The fourth-order valence-electron chi connectivity index (χ4n) is 1.88. The van der Waals surface area contributed by atoms with Crippen LogP contribution in [0.2, 0.25) is 0 Å². The highest BCUT2D eigenvalue weighted by Crippen LogP contribution is 2.31. The van der Waals surface area contributed by atoms with E-state index in [1.165, 1.54) is 43.5 Å². The Labute approximate surface area is 136 Å². The number of carbonyl (C=O) groups is 1. The van der Waals surface area contributed by atoms with Crippen LogP contribution in [0.25, 0.3) is 0 Å². The lowest BCUT2D eigenvalue weighted by Crippen LogP contribution is -2.17. The number of aromatic hydroxyl groups is 1. The first-order valence-corrected chi connectivity index (χ1v) is 6.75. The zero-order valence-electron chi connectivity index (χ0n) is 12.6. The van der Waals surface area contributed by atoms with Crippen LogP contribution in [-0.2, 0) is 0 Å². The zero-order valence-corrected chi connectivity index (χ0v) is 12.6. The maximum Gasteiger partial charge on any atom is 0.387 e. The molecule has 2 aromatic rings. The van der Waals surface area contributed by atoms with Crippen molar-refractivity contribution < 1.29 is 28.2 Å². The van der Waals surface area contributed by atoms with Gasteiger partial charge in [-0.15, -0.1) is 0 Å². The quantitative estimate of drug-likeness (QED) is 0.628. The number of hydrazone groups is 1. The van der Waals surface area contributed by atoms with E-state index in [1.807, 2.05) is 0 Å². The second-order valence-electron chi connectivity index (χ2n) is 4.51. The number of amides is 1. The minimum Gasteiger partial charge on any atom is -0.508 e. The number of phenolic OH excluding ortho intramolecular Hbond substituents is 1. The highest BCUT2D eigenvalue weighted by Gasteiger charge is 2.14. The lowest BCUT2D eigenvalue weighted by atomic mass is 10.2. The molecule has 1 amide bonds. The summed E-state index contributed by atoms with van der Waals surface area (Å²) in [5.74, 6) is -0.711. The molecule has 0 aliphatic carbocycles. The molecule has 0 atom stereocenters. The Hall–Kier alpha value is -3.16. The fraction of sp³-hybridized carbons (Fsp3) is 0.125. The third-order valence-electron chi connectivity index (χ3n) is 2.91. The number of hydrogen-bond acceptors (Lipinski definition) is 5. The molecule has 2 rings (SSSR count). The summed E-state index contributed by atoms with van der Waals surface area (Å²) < 4.78 is 34.4. The third kappa shape index (κ3) is 4.42. The molecule has 0 heterocycles. The first-order chi connectivity index (χ1) is 11.5. The number of alkyl halides is 2. The number of halogens is 2. The van der Waals surface area contributed by atoms with Crippen molar-refractivity contribution in [2.24, 2.45) is 5.10 Å². The van der Waals surface area contributed by atoms with Gasteiger partial charge in [0.15, 0.2) is 11.5 Å². The average Bonchev–Trinajstić information content (AvgIpc) is 2.55. The third-order valence-corrected chi connectivity index (χ3v) is 2.91. The molecule has 2 N–H and O–H groups in total. The van der Waals surface area contributed by atoms with E-state index in [1.54, 1.807) is 6.07 Å². The van der Waals surface area contributed by atoms with Crippen molar-refractivity contribution in [2.45, 2.75) is 6.61 Å². The second kappa shape index (κ2) is 7.91. The number of para-hydroxylation sites is 1. The van der Waals surface area contributed by atoms with E-state index in [0.717, 1.165) is 6.21 Å². The van der Waals surface area contributed by atoms with E-state index in [-0.39, 0.29) is 28.4 Å². The topological polar surface area (TPSA) is 80.2 Å². The normalized spacial score (nSPS) is 10.8. The van der Waals surface area contributed by atoms with Crippen LogP contribution in [0.4, 0.5) is 8.78 Å². The summed E-state index contributed by atoms with van der Waals surface area (Å²) in [6, 6.07) is 10.2. The van der Waals surface area contributed by atoms with Crippen molar-refractivity contribution in [1.82, 2.24) is 5.43 Å². The van der Waals surface area contributed by atoms with Gasteiger partial charge in [-0.3, -0.25) is 4.79 Å². The molecule has 0 saturated heterocycles. The molecule has 8 heteroatoms. The van der Waals surface area contributed by atoms with Gasteiger partial charge < -0.3 is 14.6 Å². The minimum absolute atomic E-state index is 0.0629. The van der Waals surface area contributed by atoms with Crippen molar-refractivity contribution in [3.05, 3.63) is 53.6 Å². The molecule has 0 aliphatic rings. The Balaban J connectivity index is 2.15. The predicted octanol–water partition coefficient (Wildman–Crippen LogP) is 2.77. The van der Waals surface area contributed by atoms with Crippen LogP contribution in [0.1, 0.15) is 15.9 Å². The molecule has 24 heavy (non-hydrogen) atoms. The molecule has 0 fully saturated rings. The first-order valence-electron chi connectivity index (χ1n) is 6.75. The first kappa shape index (κ1) is 17.2. The molecule has 0 bridgehead atoms.